The van der Waals surface area contributed by atoms with E-state index in [2.05, 4.69) is 17.0 Å². The van der Waals surface area contributed by atoms with Crippen molar-refractivity contribution in [1.82, 2.24) is 14.8 Å². The fourth-order valence-corrected chi connectivity index (χ4v) is 4.13. The highest BCUT2D eigenvalue weighted by molar-refractivity contribution is 5.93. The number of aromatic nitrogens is 3. The van der Waals surface area contributed by atoms with Crippen LogP contribution in [0.3, 0.4) is 0 Å². The summed E-state index contributed by atoms with van der Waals surface area (Å²) in [6, 6.07) is 17.6. The summed E-state index contributed by atoms with van der Waals surface area (Å²) in [5, 5.41) is 6.06. The molecule has 0 atom stereocenters. The molecule has 4 rings (SSSR count). The highest BCUT2D eigenvalue weighted by Crippen LogP contribution is 2.20. The smallest absolute Gasteiger partial charge is 0.275 e. The van der Waals surface area contributed by atoms with Gasteiger partial charge in [-0.15, -0.1) is 0 Å². The maximum absolute atomic E-state index is 13.3. The predicted molar refractivity (Wildman–Crippen MR) is 132 cm³/mol. The van der Waals surface area contributed by atoms with Crippen LogP contribution in [0.4, 0.5) is 5.69 Å². The Morgan fingerprint density at radius 1 is 1.00 bits per heavy atom. The van der Waals surface area contributed by atoms with Crippen LogP contribution in [0.25, 0.3) is 10.8 Å². The average molecular weight is 441 g/mol. The molecule has 0 radical (unpaired) electrons. The van der Waals surface area contributed by atoms with E-state index in [9.17, 15) is 9.59 Å². The van der Waals surface area contributed by atoms with Gasteiger partial charge in [-0.25, -0.2) is 4.68 Å². The van der Waals surface area contributed by atoms with Gasteiger partial charge >= 0.3 is 0 Å². The number of amides is 1. The first kappa shape index (κ1) is 22.4. The lowest BCUT2D eigenvalue weighted by molar-refractivity contribution is -0.119. The average Bonchev–Trinajstić information content (AvgIpc) is 2.83. The first-order valence-electron chi connectivity index (χ1n) is 11.3. The lowest BCUT2D eigenvalue weighted by Crippen LogP contribution is -2.38. The summed E-state index contributed by atoms with van der Waals surface area (Å²) in [6.45, 7) is 6.33. The van der Waals surface area contributed by atoms with E-state index in [-0.39, 0.29) is 18.0 Å². The molecule has 6 heteroatoms. The second-order valence-corrected chi connectivity index (χ2v) is 8.10. The van der Waals surface area contributed by atoms with Crippen LogP contribution in [0.5, 0.6) is 0 Å². The normalized spacial score (nSPS) is 11.0. The van der Waals surface area contributed by atoms with Gasteiger partial charge in [-0.2, -0.15) is 5.10 Å². The highest BCUT2D eigenvalue weighted by Gasteiger charge is 2.19. The van der Waals surface area contributed by atoms with E-state index in [1.165, 1.54) is 10.2 Å². The number of carbonyl (C=O) groups excluding carboxylic acids is 1. The predicted octanol–water partition coefficient (Wildman–Crippen LogP) is 4.31. The number of hydrogen-bond donors (Lipinski definition) is 0. The molecular formula is C27H28N4O2. The Morgan fingerprint density at radius 2 is 1.79 bits per heavy atom. The number of nitrogens with zero attached hydrogens (tertiary/aromatic N) is 4. The Morgan fingerprint density at radius 3 is 2.45 bits per heavy atom. The summed E-state index contributed by atoms with van der Waals surface area (Å²) in [5.41, 5.74) is 4.41. The van der Waals surface area contributed by atoms with Crippen LogP contribution in [0.1, 0.15) is 36.2 Å². The molecule has 0 saturated carbocycles. The summed E-state index contributed by atoms with van der Waals surface area (Å²) in [4.78, 5) is 32.5. The molecule has 0 fully saturated rings. The number of hydrogen-bond acceptors (Lipinski definition) is 4. The first-order valence-corrected chi connectivity index (χ1v) is 11.3. The Balaban J connectivity index is 1.73. The van der Waals surface area contributed by atoms with Crippen LogP contribution in [0.2, 0.25) is 0 Å². The zero-order chi connectivity index (χ0) is 23.4. The van der Waals surface area contributed by atoms with Crippen molar-refractivity contribution < 1.29 is 4.79 Å². The van der Waals surface area contributed by atoms with Crippen LogP contribution in [-0.2, 0) is 24.2 Å². The Kier molecular flexibility index (Phi) is 6.63. The topological polar surface area (TPSA) is 68.1 Å². The molecule has 0 N–H and O–H groups in total. The van der Waals surface area contributed by atoms with Gasteiger partial charge in [0, 0.05) is 36.4 Å². The Bertz CT molecular complexity index is 1330. The second kappa shape index (κ2) is 9.77. The molecule has 0 aliphatic carbocycles. The molecule has 0 spiro atoms. The lowest BCUT2D eigenvalue weighted by Gasteiger charge is -2.22. The van der Waals surface area contributed by atoms with Crippen LogP contribution in [0.15, 0.2) is 71.8 Å². The second-order valence-electron chi connectivity index (χ2n) is 8.10. The number of pyridine rings is 1. The molecule has 0 bridgehead atoms. The SMILES string of the molecule is CCc1ccc(N(CC)C(=O)Cn2nc(Cc3cccnc3)c3cccc(C)c3c2=O)cc1. The number of carbonyl (C=O) groups is 1. The monoisotopic (exact) mass is 440 g/mol. The molecule has 4 aromatic rings. The Hall–Kier alpha value is -3.80. The molecule has 2 aromatic carbocycles. The van der Waals surface area contributed by atoms with Crippen molar-refractivity contribution in [3.05, 3.63) is 99.7 Å². The molecule has 0 saturated heterocycles. The van der Waals surface area contributed by atoms with Crippen molar-refractivity contribution in [1.29, 1.82) is 0 Å². The van der Waals surface area contributed by atoms with E-state index in [0.29, 0.717) is 18.4 Å². The maximum atomic E-state index is 13.3. The van der Waals surface area contributed by atoms with Crippen molar-refractivity contribution >= 4 is 22.4 Å². The van der Waals surface area contributed by atoms with Gasteiger partial charge in [0.15, 0.2) is 0 Å². The van der Waals surface area contributed by atoms with Crippen molar-refractivity contribution in [3.8, 4) is 0 Å². The first-order chi connectivity index (χ1) is 16.0. The molecule has 0 aliphatic rings. The summed E-state index contributed by atoms with van der Waals surface area (Å²) in [6.07, 6.45) is 4.99. The van der Waals surface area contributed by atoms with Gasteiger partial charge in [0.2, 0.25) is 5.91 Å². The zero-order valence-corrected chi connectivity index (χ0v) is 19.3. The van der Waals surface area contributed by atoms with Crippen LogP contribution in [0, 0.1) is 6.92 Å². The third-order valence-corrected chi connectivity index (χ3v) is 5.93. The number of fused-ring (bicyclic) bond motifs is 1. The molecule has 33 heavy (non-hydrogen) atoms. The zero-order valence-electron chi connectivity index (χ0n) is 19.3. The van der Waals surface area contributed by atoms with Gasteiger partial charge in [0.1, 0.15) is 6.54 Å². The maximum Gasteiger partial charge on any atom is 0.275 e. The number of likely N-dealkylation sites (N-methyl/N-ethyl adjacent to an activating group) is 1. The van der Waals surface area contributed by atoms with E-state index < -0.39 is 0 Å². The quantitative estimate of drug-likeness (QED) is 0.430. The summed E-state index contributed by atoms with van der Waals surface area (Å²) >= 11 is 0. The molecular weight excluding hydrogens is 412 g/mol. The summed E-state index contributed by atoms with van der Waals surface area (Å²) < 4.78 is 1.31. The van der Waals surface area contributed by atoms with Gasteiger partial charge in [0.05, 0.1) is 11.1 Å². The summed E-state index contributed by atoms with van der Waals surface area (Å²) in [7, 11) is 0. The van der Waals surface area contributed by atoms with Crippen molar-refractivity contribution in [2.45, 2.75) is 40.2 Å². The van der Waals surface area contributed by atoms with E-state index in [1.54, 1.807) is 17.3 Å². The van der Waals surface area contributed by atoms with Crippen LogP contribution >= 0.6 is 0 Å². The van der Waals surface area contributed by atoms with E-state index in [1.807, 2.05) is 68.4 Å². The van der Waals surface area contributed by atoms with Crippen LogP contribution in [-0.4, -0.2) is 27.2 Å². The third kappa shape index (κ3) is 4.70. The van der Waals surface area contributed by atoms with E-state index >= 15 is 0 Å². The number of aryl methyl sites for hydroxylation is 2. The number of anilines is 1. The molecule has 168 valence electrons. The van der Waals surface area contributed by atoms with Crippen molar-refractivity contribution in [2.75, 3.05) is 11.4 Å². The highest BCUT2D eigenvalue weighted by atomic mass is 16.2. The van der Waals surface area contributed by atoms with Crippen molar-refractivity contribution in [2.24, 2.45) is 0 Å². The molecule has 0 unspecified atom stereocenters. The molecule has 6 nitrogen and oxygen atoms in total. The Labute approximate surface area is 193 Å². The molecule has 0 aliphatic heterocycles. The van der Waals surface area contributed by atoms with Gasteiger partial charge in [-0.1, -0.05) is 43.3 Å². The van der Waals surface area contributed by atoms with E-state index in [0.717, 1.165) is 34.3 Å². The standard InChI is InChI=1S/C27H28N4O2/c1-4-20-11-13-22(14-12-20)30(5-2)25(32)18-31-27(33)26-19(3)8-6-10-23(26)24(29-31)16-21-9-7-15-28-17-21/h6-15,17H,4-5,16,18H2,1-3H3. The number of rotatable bonds is 7. The lowest BCUT2D eigenvalue weighted by atomic mass is 10.0. The molecule has 2 heterocycles. The fourth-order valence-electron chi connectivity index (χ4n) is 4.13. The minimum Gasteiger partial charge on any atom is -0.311 e. The minimum absolute atomic E-state index is 0.119. The largest absolute Gasteiger partial charge is 0.311 e. The molecule has 1 amide bonds. The van der Waals surface area contributed by atoms with E-state index in [4.69, 9.17) is 0 Å². The summed E-state index contributed by atoms with van der Waals surface area (Å²) in [5.74, 6) is -0.170. The van der Waals surface area contributed by atoms with Crippen molar-refractivity contribution in [3.63, 3.8) is 0 Å². The van der Waals surface area contributed by atoms with Gasteiger partial charge in [-0.05, 0) is 55.2 Å². The number of benzene rings is 2. The van der Waals surface area contributed by atoms with Crippen LogP contribution < -0.4 is 10.5 Å². The minimum atomic E-state index is -0.247. The third-order valence-electron chi connectivity index (χ3n) is 5.93. The molecule has 2 aromatic heterocycles. The van der Waals surface area contributed by atoms with Gasteiger partial charge in [0.25, 0.3) is 5.56 Å². The fraction of sp³-hybridized carbons (Fsp3) is 0.259. The van der Waals surface area contributed by atoms with Gasteiger partial charge in [-0.3, -0.25) is 14.6 Å². The van der Waals surface area contributed by atoms with Gasteiger partial charge < -0.3 is 4.90 Å².